The third-order valence-corrected chi connectivity index (χ3v) is 2.94. The van der Waals surface area contributed by atoms with Crippen LogP contribution >= 0.6 is 11.6 Å². The number of aromatic nitrogens is 1. The van der Waals surface area contributed by atoms with Crippen molar-refractivity contribution in [1.29, 1.82) is 0 Å². The van der Waals surface area contributed by atoms with Crippen LogP contribution in [0.1, 0.15) is 26.4 Å². The fraction of sp³-hybridized carbons (Fsp3) is 0.154. The molecule has 0 atom stereocenters. The summed E-state index contributed by atoms with van der Waals surface area (Å²) in [7, 11) is 0.889. The molecule has 0 radical (unpaired) electrons. The maximum Gasteiger partial charge on any atom is 0.437 e. The van der Waals surface area contributed by atoms with E-state index in [1.54, 1.807) is 0 Å². The molecule has 0 saturated carbocycles. The third kappa shape index (κ3) is 3.62. The smallest absolute Gasteiger partial charge is 0.437 e. The minimum absolute atomic E-state index is 0.0928. The van der Waals surface area contributed by atoms with E-state index in [-0.39, 0.29) is 5.56 Å². The molecule has 1 aromatic carbocycles. The number of carbonyl (C=O) groups excluding carboxylic acids is 2. The Bertz CT molecular complexity index is 741. The van der Waals surface area contributed by atoms with Crippen LogP contribution in [0.2, 0.25) is 5.02 Å². The van der Waals surface area contributed by atoms with E-state index in [1.807, 2.05) is 5.32 Å². The first kappa shape index (κ1) is 16.8. The SMILES string of the molecule is COC(=O)c1c(C(F)(F)F)noc1NC(=O)c1ccc(Cl)cc1. The van der Waals surface area contributed by atoms with Gasteiger partial charge in [0.05, 0.1) is 7.11 Å². The van der Waals surface area contributed by atoms with Gasteiger partial charge in [0.2, 0.25) is 11.6 Å². The molecule has 0 aliphatic carbocycles. The Morgan fingerprint density at radius 2 is 1.87 bits per heavy atom. The lowest BCUT2D eigenvalue weighted by Crippen LogP contribution is -2.17. The normalized spacial score (nSPS) is 11.2. The Morgan fingerprint density at radius 1 is 1.26 bits per heavy atom. The molecule has 1 heterocycles. The highest BCUT2D eigenvalue weighted by atomic mass is 35.5. The minimum atomic E-state index is -4.95. The highest BCUT2D eigenvalue weighted by Crippen LogP contribution is 2.35. The van der Waals surface area contributed by atoms with E-state index in [2.05, 4.69) is 14.4 Å². The van der Waals surface area contributed by atoms with E-state index in [0.717, 1.165) is 7.11 Å². The topological polar surface area (TPSA) is 81.4 Å². The summed E-state index contributed by atoms with van der Waals surface area (Å²) < 4.78 is 47.1. The van der Waals surface area contributed by atoms with Crippen LogP contribution in [0.5, 0.6) is 0 Å². The first-order valence-electron chi connectivity index (χ1n) is 5.96. The molecule has 2 rings (SSSR count). The van der Waals surface area contributed by atoms with Crippen molar-refractivity contribution < 1.29 is 32.0 Å². The number of rotatable bonds is 3. The summed E-state index contributed by atoms with van der Waals surface area (Å²) in [5, 5.41) is 5.19. The second kappa shape index (κ2) is 6.29. The molecule has 0 fully saturated rings. The zero-order valence-corrected chi connectivity index (χ0v) is 12.2. The van der Waals surface area contributed by atoms with Gasteiger partial charge in [0.15, 0.2) is 5.56 Å². The van der Waals surface area contributed by atoms with Crippen LogP contribution in [0.25, 0.3) is 0 Å². The van der Waals surface area contributed by atoms with Crippen molar-refractivity contribution in [3.8, 4) is 0 Å². The van der Waals surface area contributed by atoms with Gasteiger partial charge >= 0.3 is 12.1 Å². The lowest BCUT2D eigenvalue weighted by Gasteiger charge is -2.06. The maximum atomic E-state index is 12.8. The van der Waals surface area contributed by atoms with E-state index in [4.69, 9.17) is 11.6 Å². The number of methoxy groups -OCH3 is 1. The van der Waals surface area contributed by atoms with Crippen LogP contribution in [0.3, 0.4) is 0 Å². The first-order valence-corrected chi connectivity index (χ1v) is 6.34. The van der Waals surface area contributed by atoms with Gasteiger partial charge in [-0.2, -0.15) is 13.2 Å². The van der Waals surface area contributed by atoms with E-state index < -0.39 is 35.2 Å². The van der Waals surface area contributed by atoms with Crippen LogP contribution in [0.15, 0.2) is 28.8 Å². The molecule has 0 saturated heterocycles. The van der Waals surface area contributed by atoms with Gasteiger partial charge in [-0.1, -0.05) is 16.8 Å². The molecule has 1 aromatic heterocycles. The fourth-order valence-electron chi connectivity index (χ4n) is 1.64. The summed E-state index contributed by atoms with van der Waals surface area (Å²) in [5.74, 6) is -2.91. The fourth-order valence-corrected chi connectivity index (χ4v) is 1.76. The average molecular weight is 349 g/mol. The number of hydrogen-bond donors (Lipinski definition) is 1. The number of halogens is 4. The van der Waals surface area contributed by atoms with E-state index >= 15 is 0 Å². The molecule has 0 unspecified atom stereocenters. The van der Waals surface area contributed by atoms with Crippen molar-refractivity contribution >= 4 is 29.4 Å². The lowest BCUT2D eigenvalue weighted by molar-refractivity contribution is -0.143. The molecule has 23 heavy (non-hydrogen) atoms. The second-order valence-corrected chi connectivity index (χ2v) is 4.62. The maximum absolute atomic E-state index is 12.8. The Morgan fingerprint density at radius 3 is 2.39 bits per heavy atom. The van der Waals surface area contributed by atoms with E-state index in [9.17, 15) is 22.8 Å². The highest BCUT2D eigenvalue weighted by molar-refractivity contribution is 6.30. The van der Waals surface area contributed by atoms with E-state index in [0.29, 0.717) is 5.02 Å². The van der Waals surface area contributed by atoms with Crippen LogP contribution in [-0.2, 0) is 10.9 Å². The van der Waals surface area contributed by atoms with Crippen molar-refractivity contribution in [3.05, 3.63) is 46.1 Å². The zero-order valence-electron chi connectivity index (χ0n) is 11.4. The number of benzene rings is 1. The van der Waals surface area contributed by atoms with Gasteiger partial charge in [0.25, 0.3) is 5.91 Å². The summed E-state index contributed by atoms with van der Waals surface area (Å²) in [6, 6.07) is 5.52. The number of nitrogens with one attached hydrogen (secondary N) is 1. The first-order chi connectivity index (χ1) is 10.7. The summed E-state index contributed by atoms with van der Waals surface area (Å²) in [6.45, 7) is 0. The Hall–Kier alpha value is -2.55. The van der Waals surface area contributed by atoms with Gasteiger partial charge in [-0.15, -0.1) is 0 Å². The van der Waals surface area contributed by atoms with Gasteiger partial charge in [0, 0.05) is 10.6 Å². The monoisotopic (exact) mass is 348 g/mol. The largest absolute Gasteiger partial charge is 0.465 e. The number of ether oxygens (including phenoxy) is 1. The van der Waals surface area contributed by atoms with E-state index in [1.165, 1.54) is 24.3 Å². The van der Waals surface area contributed by atoms with Gasteiger partial charge in [-0.3, -0.25) is 10.1 Å². The number of amides is 1. The predicted molar refractivity (Wildman–Crippen MR) is 72.2 cm³/mol. The third-order valence-electron chi connectivity index (χ3n) is 2.68. The molecule has 6 nitrogen and oxygen atoms in total. The molecular formula is C13H8ClF3N2O4. The van der Waals surface area contributed by atoms with Crippen LogP contribution in [0, 0.1) is 0 Å². The summed E-state index contributed by atoms with van der Waals surface area (Å²) in [6.07, 6.45) is -4.95. The van der Waals surface area contributed by atoms with Crippen molar-refractivity contribution in [2.45, 2.75) is 6.18 Å². The molecule has 1 amide bonds. The van der Waals surface area contributed by atoms with Gasteiger partial charge in [0.1, 0.15) is 0 Å². The minimum Gasteiger partial charge on any atom is -0.465 e. The van der Waals surface area contributed by atoms with Gasteiger partial charge in [-0.05, 0) is 24.3 Å². The number of esters is 1. The number of anilines is 1. The van der Waals surface area contributed by atoms with Gasteiger partial charge < -0.3 is 9.26 Å². The predicted octanol–water partition coefficient (Wildman–Crippen LogP) is 3.39. The Balaban J connectivity index is 2.36. The van der Waals surface area contributed by atoms with Crippen molar-refractivity contribution in [3.63, 3.8) is 0 Å². The molecule has 0 bridgehead atoms. The molecular weight excluding hydrogens is 341 g/mol. The number of hydrogen-bond acceptors (Lipinski definition) is 5. The lowest BCUT2D eigenvalue weighted by atomic mass is 10.2. The summed E-state index contributed by atoms with van der Waals surface area (Å²) >= 11 is 5.67. The molecule has 1 N–H and O–H groups in total. The summed E-state index contributed by atoms with van der Waals surface area (Å²) in [5.41, 5.74) is -2.51. The molecule has 122 valence electrons. The molecule has 0 aliphatic heterocycles. The highest BCUT2D eigenvalue weighted by Gasteiger charge is 2.42. The Kier molecular flexibility index (Phi) is 4.60. The number of nitrogens with zero attached hydrogens (tertiary/aromatic N) is 1. The van der Waals surface area contributed by atoms with Gasteiger partial charge in [-0.25, -0.2) is 4.79 Å². The molecule has 0 aliphatic rings. The van der Waals surface area contributed by atoms with Crippen molar-refractivity contribution in [2.75, 3.05) is 12.4 Å². The van der Waals surface area contributed by atoms with Crippen molar-refractivity contribution in [2.24, 2.45) is 0 Å². The van der Waals surface area contributed by atoms with Crippen LogP contribution in [0.4, 0.5) is 19.1 Å². The standard InChI is InChI=1S/C13H8ClF3N2O4/c1-22-12(21)8-9(13(15,16)17)19-23-11(8)18-10(20)6-2-4-7(14)5-3-6/h2-5H,1H3,(H,18,20). The molecule has 2 aromatic rings. The Labute approximate surface area is 132 Å². The van der Waals surface area contributed by atoms with Crippen LogP contribution < -0.4 is 5.32 Å². The average Bonchev–Trinajstić information content (AvgIpc) is 2.90. The second-order valence-electron chi connectivity index (χ2n) is 4.19. The molecule has 10 heteroatoms. The number of carbonyl (C=O) groups is 2. The number of alkyl halides is 3. The zero-order chi connectivity index (χ0) is 17.2. The van der Waals surface area contributed by atoms with Crippen molar-refractivity contribution in [1.82, 2.24) is 5.16 Å². The summed E-state index contributed by atoms with van der Waals surface area (Å²) in [4.78, 5) is 23.5. The quantitative estimate of drug-likeness (QED) is 0.860. The van der Waals surface area contributed by atoms with Crippen LogP contribution in [-0.4, -0.2) is 24.1 Å². The molecule has 0 spiro atoms.